The molecule has 0 saturated heterocycles. The molecule has 6 heteroatoms. The Kier molecular flexibility index (Phi) is 4.94. The van der Waals surface area contributed by atoms with E-state index in [-0.39, 0.29) is 11.7 Å². The van der Waals surface area contributed by atoms with Gasteiger partial charge in [-0.25, -0.2) is 0 Å². The number of nitrogens with one attached hydrogen (secondary N) is 1. The van der Waals surface area contributed by atoms with Crippen molar-refractivity contribution in [3.63, 3.8) is 0 Å². The number of amides is 1. The number of rotatable bonds is 5. The highest BCUT2D eigenvalue weighted by molar-refractivity contribution is 7.10. The molecule has 5 nitrogen and oxygen atoms in total. The molecule has 2 aromatic rings. The van der Waals surface area contributed by atoms with Gasteiger partial charge in [-0.15, -0.1) is 11.3 Å². The van der Waals surface area contributed by atoms with Crippen LogP contribution in [0.15, 0.2) is 40.9 Å². The molecule has 0 aliphatic carbocycles. The van der Waals surface area contributed by atoms with E-state index < -0.39 is 0 Å². The van der Waals surface area contributed by atoms with Crippen LogP contribution in [0.5, 0.6) is 0 Å². The SMILES string of the molecule is CCc1ccsc1CNC(=O)c1ccc(/C(N)=N/O)cc1. The van der Waals surface area contributed by atoms with Crippen LogP contribution in [-0.2, 0) is 13.0 Å². The summed E-state index contributed by atoms with van der Waals surface area (Å²) in [6.45, 7) is 2.63. The van der Waals surface area contributed by atoms with Crippen LogP contribution in [-0.4, -0.2) is 17.0 Å². The largest absolute Gasteiger partial charge is 0.409 e. The molecule has 1 heterocycles. The van der Waals surface area contributed by atoms with Gasteiger partial charge in [0.25, 0.3) is 5.91 Å². The van der Waals surface area contributed by atoms with Gasteiger partial charge in [-0.1, -0.05) is 24.2 Å². The summed E-state index contributed by atoms with van der Waals surface area (Å²) in [5, 5.41) is 16.4. The minimum atomic E-state index is -0.142. The number of hydrogen-bond donors (Lipinski definition) is 3. The Morgan fingerprint density at radius 3 is 2.57 bits per heavy atom. The number of carbonyl (C=O) groups is 1. The van der Waals surface area contributed by atoms with Crippen molar-refractivity contribution in [3.8, 4) is 0 Å². The van der Waals surface area contributed by atoms with Gasteiger partial charge < -0.3 is 16.3 Å². The normalized spacial score (nSPS) is 11.4. The number of amidine groups is 1. The molecule has 1 aromatic carbocycles. The van der Waals surface area contributed by atoms with Crippen LogP contribution in [0.1, 0.15) is 33.3 Å². The predicted octanol–water partition coefficient (Wildman–Crippen LogP) is 2.34. The van der Waals surface area contributed by atoms with E-state index >= 15 is 0 Å². The Balaban J connectivity index is 2.00. The average Bonchev–Trinajstić information content (AvgIpc) is 2.99. The summed E-state index contributed by atoms with van der Waals surface area (Å²) in [4.78, 5) is 13.3. The second kappa shape index (κ2) is 6.90. The highest BCUT2D eigenvalue weighted by atomic mass is 32.1. The number of aryl methyl sites for hydroxylation is 1. The Bertz CT molecular complexity index is 647. The van der Waals surface area contributed by atoms with Crippen LogP contribution in [0.2, 0.25) is 0 Å². The van der Waals surface area contributed by atoms with Gasteiger partial charge in [0, 0.05) is 16.0 Å². The van der Waals surface area contributed by atoms with Crippen molar-refractivity contribution in [2.45, 2.75) is 19.9 Å². The summed E-state index contributed by atoms with van der Waals surface area (Å²) in [6, 6.07) is 8.67. The first-order chi connectivity index (χ1) is 10.2. The van der Waals surface area contributed by atoms with Gasteiger partial charge in [-0.2, -0.15) is 0 Å². The van der Waals surface area contributed by atoms with Crippen molar-refractivity contribution in [1.29, 1.82) is 0 Å². The number of thiophene rings is 1. The lowest BCUT2D eigenvalue weighted by Gasteiger charge is -2.06. The summed E-state index contributed by atoms with van der Waals surface area (Å²) in [7, 11) is 0. The summed E-state index contributed by atoms with van der Waals surface area (Å²) >= 11 is 1.65. The molecule has 1 aromatic heterocycles. The Morgan fingerprint density at radius 1 is 1.29 bits per heavy atom. The molecule has 21 heavy (non-hydrogen) atoms. The van der Waals surface area contributed by atoms with Crippen LogP contribution < -0.4 is 11.1 Å². The molecular formula is C15H17N3O2S. The molecule has 0 aliphatic heterocycles. The Labute approximate surface area is 127 Å². The molecule has 0 saturated carbocycles. The monoisotopic (exact) mass is 303 g/mol. The summed E-state index contributed by atoms with van der Waals surface area (Å²) in [5.41, 5.74) is 7.85. The Hall–Kier alpha value is -2.34. The van der Waals surface area contributed by atoms with Gasteiger partial charge in [-0.3, -0.25) is 4.79 Å². The van der Waals surface area contributed by atoms with Crippen LogP contribution in [0.3, 0.4) is 0 Å². The number of nitrogens with zero attached hydrogens (tertiary/aromatic N) is 1. The lowest BCUT2D eigenvalue weighted by molar-refractivity contribution is 0.0951. The summed E-state index contributed by atoms with van der Waals surface area (Å²) in [5.74, 6) is -0.121. The number of benzene rings is 1. The van der Waals surface area contributed by atoms with E-state index in [4.69, 9.17) is 10.9 Å². The third-order valence-corrected chi connectivity index (χ3v) is 4.14. The maximum absolute atomic E-state index is 12.1. The van der Waals surface area contributed by atoms with Gasteiger partial charge in [0.2, 0.25) is 0 Å². The number of carbonyl (C=O) groups excluding carboxylic acids is 1. The first-order valence-corrected chi connectivity index (χ1v) is 7.45. The maximum atomic E-state index is 12.1. The molecule has 0 radical (unpaired) electrons. The fraction of sp³-hybridized carbons (Fsp3) is 0.200. The molecule has 0 aliphatic rings. The summed E-state index contributed by atoms with van der Waals surface area (Å²) < 4.78 is 0. The second-order valence-corrected chi connectivity index (χ2v) is 5.47. The highest BCUT2D eigenvalue weighted by Gasteiger charge is 2.08. The quantitative estimate of drug-likeness (QED) is 0.343. The molecule has 4 N–H and O–H groups in total. The first kappa shape index (κ1) is 15.1. The molecule has 0 fully saturated rings. The zero-order valence-electron chi connectivity index (χ0n) is 11.7. The highest BCUT2D eigenvalue weighted by Crippen LogP contribution is 2.17. The van der Waals surface area contributed by atoms with Crippen LogP contribution in [0.25, 0.3) is 0 Å². The first-order valence-electron chi connectivity index (χ1n) is 6.57. The zero-order chi connectivity index (χ0) is 15.2. The van der Waals surface area contributed by atoms with Gasteiger partial charge >= 0.3 is 0 Å². The number of nitrogens with two attached hydrogens (primary N) is 1. The van der Waals surface area contributed by atoms with Crippen molar-refractivity contribution < 1.29 is 10.0 Å². The van der Waals surface area contributed by atoms with E-state index in [1.165, 1.54) is 10.4 Å². The predicted molar refractivity (Wildman–Crippen MR) is 83.8 cm³/mol. The fourth-order valence-electron chi connectivity index (χ4n) is 1.95. The molecule has 1 amide bonds. The number of oxime groups is 1. The third-order valence-electron chi connectivity index (χ3n) is 3.18. The summed E-state index contributed by atoms with van der Waals surface area (Å²) in [6.07, 6.45) is 0.961. The van der Waals surface area contributed by atoms with Gasteiger partial charge in [-0.05, 0) is 35.6 Å². The van der Waals surface area contributed by atoms with Crippen molar-refractivity contribution in [2.24, 2.45) is 10.9 Å². The maximum Gasteiger partial charge on any atom is 0.251 e. The standard InChI is InChI=1S/C15H17N3O2S/c1-2-10-7-8-21-13(10)9-17-15(19)12-5-3-11(4-6-12)14(16)18-20/h3-8,20H,2,9H2,1H3,(H2,16,18)(H,17,19). The molecular weight excluding hydrogens is 286 g/mol. The van der Waals surface area contributed by atoms with E-state index in [2.05, 4.69) is 23.5 Å². The van der Waals surface area contributed by atoms with Gasteiger partial charge in [0.1, 0.15) is 0 Å². The topological polar surface area (TPSA) is 87.7 Å². The smallest absolute Gasteiger partial charge is 0.251 e. The molecule has 0 spiro atoms. The molecule has 2 rings (SSSR count). The molecule has 0 unspecified atom stereocenters. The molecule has 110 valence electrons. The van der Waals surface area contributed by atoms with Crippen molar-refractivity contribution >= 4 is 23.1 Å². The van der Waals surface area contributed by atoms with E-state index in [9.17, 15) is 4.79 Å². The van der Waals surface area contributed by atoms with E-state index in [0.29, 0.717) is 17.7 Å². The molecule has 0 atom stereocenters. The van der Waals surface area contributed by atoms with Gasteiger partial charge in [0.05, 0.1) is 6.54 Å². The third kappa shape index (κ3) is 3.61. The van der Waals surface area contributed by atoms with Crippen LogP contribution >= 0.6 is 11.3 Å². The fourth-order valence-corrected chi connectivity index (χ4v) is 2.87. The minimum absolute atomic E-state index is 0.0214. The molecule has 0 bridgehead atoms. The lowest BCUT2D eigenvalue weighted by atomic mass is 10.1. The lowest BCUT2D eigenvalue weighted by Crippen LogP contribution is -2.23. The van der Waals surface area contributed by atoms with Crippen molar-refractivity contribution in [3.05, 3.63) is 57.3 Å². The number of hydrogen-bond acceptors (Lipinski definition) is 4. The van der Waals surface area contributed by atoms with Crippen LogP contribution in [0, 0.1) is 0 Å². The van der Waals surface area contributed by atoms with E-state index in [1.807, 2.05) is 5.38 Å². The Morgan fingerprint density at radius 2 is 1.95 bits per heavy atom. The zero-order valence-corrected chi connectivity index (χ0v) is 12.5. The van der Waals surface area contributed by atoms with Crippen molar-refractivity contribution in [2.75, 3.05) is 0 Å². The second-order valence-electron chi connectivity index (χ2n) is 4.47. The van der Waals surface area contributed by atoms with Crippen molar-refractivity contribution in [1.82, 2.24) is 5.32 Å². The minimum Gasteiger partial charge on any atom is -0.409 e. The van der Waals surface area contributed by atoms with E-state index in [0.717, 1.165) is 6.42 Å². The average molecular weight is 303 g/mol. The van der Waals surface area contributed by atoms with E-state index in [1.54, 1.807) is 35.6 Å². The van der Waals surface area contributed by atoms with Gasteiger partial charge in [0.15, 0.2) is 5.84 Å². The van der Waals surface area contributed by atoms with Crippen LogP contribution in [0.4, 0.5) is 0 Å².